The van der Waals surface area contributed by atoms with Gasteiger partial charge in [-0.25, -0.2) is 0 Å². The molecule has 0 heterocycles. The van der Waals surface area contributed by atoms with E-state index in [9.17, 15) is 2.87 Å². The van der Waals surface area contributed by atoms with Gasteiger partial charge in [0.05, 0.1) is 0 Å². The van der Waals surface area contributed by atoms with Crippen LogP contribution in [-0.4, -0.2) is 29.1 Å². The van der Waals surface area contributed by atoms with Crippen LogP contribution in [0.25, 0.3) is 0 Å². The monoisotopic (exact) mass is 252 g/mol. The summed E-state index contributed by atoms with van der Waals surface area (Å²) in [4.78, 5) is 3.39. The van der Waals surface area contributed by atoms with Gasteiger partial charge in [0.2, 0.25) is 0 Å². The van der Waals surface area contributed by atoms with E-state index in [4.69, 9.17) is 6.42 Å². The van der Waals surface area contributed by atoms with Gasteiger partial charge in [0.25, 0.3) is 0 Å². The van der Waals surface area contributed by atoms with Gasteiger partial charge in [0.15, 0.2) is 0 Å². The molecule has 0 spiro atoms. The Morgan fingerprint density at radius 1 is 1.44 bits per heavy atom. The molecule has 0 bridgehead atoms. The Morgan fingerprint density at radius 2 is 1.56 bits per heavy atom. The van der Waals surface area contributed by atoms with Crippen molar-refractivity contribution >= 4 is 29.1 Å². The second-order valence-electron chi connectivity index (χ2n) is 2.02. The molecule has 0 atom stereocenters. The van der Waals surface area contributed by atoms with Gasteiger partial charge in [-0.15, -0.1) is 12.0 Å². The molecule has 0 rings (SSSR count). The summed E-state index contributed by atoms with van der Waals surface area (Å²) in [7, 11) is -0.346. The number of rotatable bonds is 0. The molecule has 0 aliphatic carbocycles. The third-order valence-electron chi connectivity index (χ3n) is 0.289. The van der Waals surface area contributed by atoms with Crippen molar-refractivity contribution in [3.05, 3.63) is 0 Å². The van der Waals surface area contributed by atoms with Crippen molar-refractivity contribution in [3.63, 3.8) is 0 Å². The maximum atomic E-state index is 11.2. The molecule has 0 unspecified atom stereocenters. The van der Waals surface area contributed by atoms with Gasteiger partial charge < -0.3 is 0 Å². The molecule has 0 aromatic rings. The summed E-state index contributed by atoms with van der Waals surface area (Å²) in [6, 6.07) is 0. The third kappa shape index (κ3) is 57.3. The first-order chi connectivity index (χ1) is 4.00. The van der Waals surface area contributed by atoms with E-state index in [0.29, 0.717) is 0 Å². The fraction of sp³-hybridized carbons (Fsp3) is 0.667. The van der Waals surface area contributed by atoms with Crippen LogP contribution in [-0.2, 0) is 0 Å². The molecule has 0 saturated carbocycles. The SMILES string of the molecule is C#C[Si](C)C.[CH3][Sn]([CH3])[F]. The van der Waals surface area contributed by atoms with Crippen molar-refractivity contribution < 1.29 is 2.87 Å². The second kappa shape index (κ2) is 8.51. The van der Waals surface area contributed by atoms with Crippen molar-refractivity contribution in [1.29, 1.82) is 0 Å². The second-order valence-corrected chi connectivity index (χ2v) is 9.32. The summed E-state index contributed by atoms with van der Waals surface area (Å²) in [5.74, 6) is 0. The van der Waals surface area contributed by atoms with E-state index in [1.807, 2.05) is 0 Å². The number of terminal acetylenes is 1. The fourth-order valence-corrected chi connectivity index (χ4v) is 0. The van der Waals surface area contributed by atoms with E-state index in [2.05, 4.69) is 18.6 Å². The molecule has 0 saturated heterocycles. The predicted octanol–water partition coefficient (Wildman–Crippen LogP) is 2.12. The van der Waals surface area contributed by atoms with Crippen LogP contribution in [0.3, 0.4) is 0 Å². The van der Waals surface area contributed by atoms with Gasteiger partial charge in [0, 0.05) is 0 Å². The summed E-state index contributed by atoms with van der Waals surface area (Å²) in [5.41, 5.74) is 2.63. The van der Waals surface area contributed by atoms with Crippen LogP contribution in [0.5, 0.6) is 0 Å². The van der Waals surface area contributed by atoms with E-state index in [0.717, 1.165) is 0 Å². The quantitative estimate of drug-likeness (QED) is 0.457. The molecule has 0 fully saturated rings. The minimum absolute atomic E-state index is 0.346. The van der Waals surface area contributed by atoms with E-state index in [1.54, 1.807) is 9.88 Å². The van der Waals surface area contributed by atoms with Gasteiger partial charge in [-0.1, -0.05) is 13.1 Å². The Morgan fingerprint density at radius 3 is 1.56 bits per heavy atom. The molecule has 0 aromatic carbocycles. The fourth-order valence-electron chi connectivity index (χ4n) is 0. The topological polar surface area (TPSA) is 0 Å². The molecular weight excluding hydrogens is 238 g/mol. The van der Waals surface area contributed by atoms with Gasteiger partial charge >= 0.3 is 33.1 Å². The Balaban J connectivity index is 0. The van der Waals surface area contributed by atoms with Gasteiger partial charge in [-0.3, -0.25) is 0 Å². The standard InChI is InChI=1S/C4H7Si.2CH3.FH.Sn/c1-4-5(2)3;;;;/h1H,2-3H3;2*1H3;1H;/q;;;;+1/p-1. The van der Waals surface area contributed by atoms with Crippen LogP contribution < -0.4 is 0 Å². The van der Waals surface area contributed by atoms with Crippen LogP contribution in [0.2, 0.25) is 23.0 Å². The van der Waals surface area contributed by atoms with Gasteiger partial charge in [-0.05, 0) is 0 Å². The van der Waals surface area contributed by atoms with Crippen molar-refractivity contribution in [1.82, 2.24) is 0 Å². The molecule has 0 amide bonds. The van der Waals surface area contributed by atoms with Crippen LogP contribution in [0.15, 0.2) is 0 Å². The molecule has 0 aliphatic rings. The van der Waals surface area contributed by atoms with Gasteiger partial charge in [-0.2, -0.15) is 0 Å². The van der Waals surface area contributed by atoms with Crippen molar-refractivity contribution in [2.24, 2.45) is 0 Å². The Hall–Kier alpha value is 0.506. The molecule has 0 aromatic heterocycles. The Labute approximate surface area is 67.0 Å². The van der Waals surface area contributed by atoms with E-state index < -0.39 is 20.3 Å². The van der Waals surface area contributed by atoms with Crippen molar-refractivity contribution in [2.45, 2.75) is 23.0 Å². The zero-order valence-electron chi connectivity index (χ0n) is 6.46. The van der Waals surface area contributed by atoms with Gasteiger partial charge in [0.1, 0.15) is 8.80 Å². The molecule has 52 valence electrons. The molecule has 2 radical (unpaired) electrons. The van der Waals surface area contributed by atoms with Crippen LogP contribution in [0.1, 0.15) is 0 Å². The average molecular weight is 251 g/mol. The molecule has 9 heavy (non-hydrogen) atoms. The van der Waals surface area contributed by atoms with E-state index in [1.165, 1.54) is 0 Å². The number of hydrogen-bond acceptors (Lipinski definition) is 0. The van der Waals surface area contributed by atoms with E-state index >= 15 is 0 Å². The maximum absolute atomic E-state index is 11.2. The Bertz CT molecular complexity index is 82.8. The first kappa shape index (κ1) is 12.2. The normalized spacial score (nSPS) is 8.22. The Kier molecular flexibility index (Phi) is 11.5. The summed E-state index contributed by atoms with van der Waals surface area (Å²) in [6.45, 7) is 4.18. The molecule has 0 nitrogen and oxygen atoms in total. The summed E-state index contributed by atoms with van der Waals surface area (Å²) < 4.78 is 11.2. The first-order valence-corrected chi connectivity index (χ1v) is 12.0. The zero-order chi connectivity index (χ0) is 7.86. The predicted molar refractivity (Wildman–Crippen MR) is 44.9 cm³/mol. The molecular formula is C6H13FSiSn. The summed E-state index contributed by atoms with van der Waals surface area (Å²) in [5, 5.41) is 0. The summed E-state index contributed by atoms with van der Waals surface area (Å²) >= 11 is -2.04. The van der Waals surface area contributed by atoms with E-state index in [-0.39, 0.29) is 8.80 Å². The van der Waals surface area contributed by atoms with Crippen LogP contribution >= 0.6 is 0 Å². The van der Waals surface area contributed by atoms with Crippen molar-refractivity contribution in [3.8, 4) is 12.0 Å². The first-order valence-electron chi connectivity index (χ1n) is 2.73. The minimum atomic E-state index is -2.04. The number of halogens is 1. The van der Waals surface area contributed by atoms with Crippen molar-refractivity contribution in [2.75, 3.05) is 0 Å². The molecule has 0 aliphatic heterocycles. The summed E-state index contributed by atoms with van der Waals surface area (Å²) in [6.07, 6.45) is 4.97. The average Bonchev–Trinajstić information content (AvgIpc) is 1.65. The van der Waals surface area contributed by atoms with Crippen LogP contribution in [0, 0.1) is 12.0 Å². The van der Waals surface area contributed by atoms with Crippen LogP contribution in [0.4, 0.5) is 2.87 Å². The zero-order valence-corrected chi connectivity index (χ0v) is 10.3. The third-order valence-corrected chi connectivity index (χ3v) is 0.866. The number of hydrogen-bond donors (Lipinski definition) is 0. The molecule has 3 heteroatoms. The molecule has 0 N–H and O–H groups in total.